The van der Waals surface area contributed by atoms with Gasteiger partial charge in [-0.1, -0.05) is 0 Å². The summed E-state index contributed by atoms with van der Waals surface area (Å²) in [6.07, 6.45) is 4.36. The minimum Gasteiger partial charge on any atom is -0.186 e. The Labute approximate surface area is 602 Å². The Kier molecular flexibility index (Phi) is 34.4. The Morgan fingerprint density at radius 2 is 0.623 bits per heavy atom. The first kappa shape index (κ1) is 89.0. The molecule has 0 radical (unpaired) electrons. The minimum absolute atomic E-state index is 0.0756. The fourth-order valence-corrected chi connectivity index (χ4v) is 9.30. The Bertz CT molecular complexity index is 3660. The zero-order chi connectivity index (χ0) is 78.5. The van der Waals surface area contributed by atoms with Crippen LogP contribution in [0, 0.1) is 22.7 Å². The van der Waals surface area contributed by atoms with Crippen molar-refractivity contribution in [1.82, 2.24) is 0 Å². The van der Waals surface area contributed by atoms with Gasteiger partial charge in [0, 0.05) is 38.1 Å². The van der Waals surface area contributed by atoms with E-state index in [4.69, 9.17) is 95.8 Å². The van der Waals surface area contributed by atoms with Crippen molar-refractivity contribution in [3.05, 3.63) is 132 Å². The Balaban J connectivity index is 0.000000529. The van der Waals surface area contributed by atoms with E-state index in [-0.39, 0.29) is 50.8 Å². The number of nitrogens with zero attached hydrogens (tertiary/aromatic N) is 4. The fourth-order valence-electron chi connectivity index (χ4n) is 9.30. The second-order valence-electron chi connectivity index (χ2n) is 21.4. The molecule has 2 aromatic heterocycles. The van der Waals surface area contributed by atoms with Crippen molar-refractivity contribution in [2.24, 2.45) is 0 Å². The van der Waals surface area contributed by atoms with Crippen molar-refractivity contribution in [3.63, 3.8) is 0 Å². The van der Waals surface area contributed by atoms with Crippen LogP contribution in [0.2, 0.25) is 0 Å². The smallest absolute Gasteiger partial charge is 0.186 e. The number of methoxy groups -OCH3 is 6. The third-order valence-electron chi connectivity index (χ3n) is 13.3. The SMILES string of the molecule is CC#N.CC#N.COc1cc(C(=O)OCc2cc3cc(c2)OCCOCCOCCOCCOc2cc(COC(=O)c4cc(OC)c(OC)c(OC)c4)cc(c2)OCCOCCOCCOCCO3)cc(OC)c1OC.F[P-](F)(F)(F)(F)F.F[P-](F)(F)(F)(F)F.c1cc2ccc3ccc[n+]4c3c2[n+](c1)CC4. The van der Waals surface area contributed by atoms with E-state index in [2.05, 4.69) is 57.9 Å². The monoisotopic (exact) mass is 1560 g/mol. The van der Waals surface area contributed by atoms with Crippen molar-refractivity contribution in [3.8, 4) is 69.6 Å². The molecule has 0 aliphatic carbocycles. The second kappa shape index (κ2) is 40.9. The average molecular weight is 1570 g/mol. The molecule has 2 aliphatic rings. The minimum atomic E-state index is -10.7. The maximum absolute atomic E-state index is 13.1. The first-order chi connectivity index (χ1) is 49.9. The van der Waals surface area contributed by atoms with Gasteiger partial charge in [-0.2, -0.15) is 19.7 Å². The van der Waals surface area contributed by atoms with Crippen LogP contribution in [0.1, 0.15) is 45.7 Å². The molecule has 5 aromatic carbocycles. The molecule has 588 valence electrons. The summed E-state index contributed by atoms with van der Waals surface area (Å²) in [5.74, 6) is 2.79. The number of aromatic nitrogens is 2. The quantitative estimate of drug-likeness (QED) is 0.0362. The molecule has 4 bridgehead atoms. The molecule has 7 aromatic rings. The van der Waals surface area contributed by atoms with Gasteiger partial charge < -0.3 is 85.3 Å². The average Bonchev–Trinajstić information content (AvgIpc) is 0.800. The van der Waals surface area contributed by atoms with Gasteiger partial charge in [-0.25, -0.2) is 9.59 Å². The van der Waals surface area contributed by atoms with Crippen LogP contribution in [0.25, 0.3) is 21.8 Å². The van der Waals surface area contributed by atoms with E-state index in [1.807, 2.05) is 0 Å². The topological polar surface area (TPSA) is 256 Å². The number of carbonyl (C=O) groups excluding carboxylic acids is 2. The van der Waals surface area contributed by atoms with Gasteiger partial charge in [0.1, 0.15) is 62.6 Å². The summed E-state index contributed by atoms with van der Waals surface area (Å²) >= 11 is 0. The van der Waals surface area contributed by atoms with Gasteiger partial charge in [-0.15, -0.1) is 0 Å². The van der Waals surface area contributed by atoms with Gasteiger partial charge in [0.25, 0.3) is 11.0 Å². The van der Waals surface area contributed by atoms with E-state index in [0.29, 0.717) is 148 Å². The number of hydrogen-bond acceptors (Lipinski definition) is 22. The molecule has 24 nitrogen and oxygen atoms in total. The number of rotatable bonds is 12. The van der Waals surface area contributed by atoms with Gasteiger partial charge in [0.2, 0.25) is 24.6 Å². The normalized spacial score (nSPS) is 15.4. The zero-order valence-electron chi connectivity index (χ0n) is 58.9. The molecular weight excluding hydrogens is 1480 g/mol. The van der Waals surface area contributed by atoms with Crippen LogP contribution in [0.4, 0.5) is 50.4 Å². The first-order valence-corrected chi connectivity index (χ1v) is 35.7. The number of carbonyl (C=O) groups is 2. The van der Waals surface area contributed by atoms with Crippen LogP contribution in [-0.2, 0) is 64.2 Å². The number of pyridine rings is 2. The summed E-state index contributed by atoms with van der Waals surface area (Å²) in [6, 6.07) is 33.2. The van der Waals surface area contributed by atoms with Crippen LogP contribution in [0.3, 0.4) is 0 Å². The third kappa shape index (κ3) is 36.6. The van der Waals surface area contributed by atoms with E-state index in [1.165, 1.54) is 103 Å². The molecule has 0 saturated heterocycles. The number of fused-ring (bicyclic) bond motifs is 4. The number of halogens is 12. The van der Waals surface area contributed by atoms with Crippen molar-refractivity contribution >= 4 is 49.4 Å². The van der Waals surface area contributed by atoms with Crippen LogP contribution < -0.4 is 56.5 Å². The molecule has 2 aliphatic heterocycles. The molecule has 0 atom stereocenters. The molecule has 0 unspecified atom stereocenters. The molecule has 9 rings (SSSR count). The maximum Gasteiger partial charge on any atom is 0.285 e. The van der Waals surface area contributed by atoms with Crippen LogP contribution in [0.15, 0.2) is 109 Å². The number of benzene rings is 5. The van der Waals surface area contributed by atoms with Crippen LogP contribution >= 0.6 is 15.6 Å². The maximum atomic E-state index is 13.1. The van der Waals surface area contributed by atoms with Crippen molar-refractivity contribution in [2.75, 3.05) is 148 Å². The standard InChI is InChI=1S/C50H64O20.C14H12N2.2C2H3N.2F6P/c1-53-43-27-37(28-44(54-2)47(43)57-5)49(51)69-33-35-23-39-31-40(24-35)66-20-16-62-12-8-60-10-14-64-18-22-68-42-26-36(34-70-50(52)38-29-45(55-3)48(58-6)46(30-38)56-4)25-41(32-42)67-21-17-63-13-9-59-7-11-61-15-19-65-39;1-3-11-5-6-12-4-2-8-16-10-9-15(7-1)13(11)14(12)16;2*1-2-3;2*1-7(2,3,4,5)6/h23-32H,7-22,33-34H2,1-6H3;1-8H,9-10H2;2*1H3;;/q;+2;;;2*-1. The van der Waals surface area contributed by atoms with E-state index >= 15 is 0 Å². The number of esters is 2. The summed E-state index contributed by atoms with van der Waals surface area (Å²) in [5.41, 5.74) is 4.44. The molecule has 38 heteroatoms. The second-order valence-corrected chi connectivity index (χ2v) is 25.2. The fraction of sp³-hybridized carbons (Fsp3) is 0.412. The first-order valence-electron chi connectivity index (χ1n) is 31.6. The molecule has 0 N–H and O–H groups in total. The van der Waals surface area contributed by atoms with E-state index < -0.39 is 27.6 Å². The van der Waals surface area contributed by atoms with E-state index in [0.717, 1.165) is 13.1 Å². The Morgan fingerprint density at radius 3 is 0.849 bits per heavy atom. The van der Waals surface area contributed by atoms with Gasteiger partial charge in [0.15, 0.2) is 35.4 Å². The van der Waals surface area contributed by atoms with Crippen molar-refractivity contribution < 1.29 is 154 Å². The molecule has 106 heavy (non-hydrogen) atoms. The predicted octanol–water partition coefficient (Wildman–Crippen LogP) is 15.2. The van der Waals surface area contributed by atoms with E-state index in [1.54, 1.807) is 48.5 Å². The molecule has 0 fully saturated rings. The van der Waals surface area contributed by atoms with Gasteiger partial charge in [-0.3, -0.25) is 0 Å². The number of nitriles is 2. The van der Waals surface area contributed by atoms with Crippen LogP contribution in [0.5, 0.6) is 57.5 Å². The van der Waals surface area contributed by atoms with Gasteiger partial charge >= 0.3 is 77.9 Å². The Morgan fingerprint density at radius 1 is 0.387 bits per heavy atom. The molecule has 0 amide bonds. The zero-order valence-corrected chi connectivity index (χ0v) is 60.7. The molecule has 0 spiro atoms. The number of hydrogen-bond donors (Lipinski definition) is 0. The predicted molar refractivity (Wildman–Crippen MR) is 362 cm³/mol. The molecule has 4 heterocycles. The van der Waals surface area contributed by atoms with Crippen molar-refractivity contribution in [1.29, 1.82) is 10.5 Å². The largest absolute Gasteiger partial charge is 0.285 e. The Hall–Kier alpha value is -9.38. The van der Waals surface area contributed by atoms with Crippen molar-refractivity contribution in [2.45, 2.75) is 40.2 Å². The number of aryl methyl sites for hydroxylation is 2. The molecular formula is C68H82F12N4O20P2. The van der Waals surface area contributed by atoms with Crippen LogP contribution in [-0.4, -0.2) is 160 Å². The van der Waals surface area contributed by atoms with E-state index in [9.17, 15) is 60.0 Å². The van der Waals surface area contributed by atoms with Gasteiger partial charge in [-0.05, 0) is 83.9 Å². The van der Waals surface area contributed by atoms with Gasteiger partial charge in [0.05, 0.1) is 156 Å². The number of ether oxygens (including phenoxy) is 18. The summed E-state index contributed by atoms with van der Waals surface area (Å²) < 4.78 is 225. The summed E-state index contributed by atoms with van der Waals surface area (Å²) in [4.78, 5) is 26.3. The summed E-state index contributed by atoms with van der Waals surface area (Å²) in [7, 11) is -12.5. The third-order valence-corrected chi connectivity index (χ3v) is 13.3. The summed E-state index contributed by atoms with van der Waals surface area (Å²) in [5, 5.41) is 17.3. The summed E-state index contributed by atoms with van der Waals surface area (Å²) in [6.45, 7) is 9.73. The molecule has 0 saturated carbocycles.